The molecule has 29 heavy (non-hydrogen) atoms. The fraction of sp³-hybridized carbons (Fsp3) is 0.160. The smallest absolute Gasteiger partial charge is 0.225 e. The third kappa shape index (κ3) is 5.72. The molecular weight excluding hydrogens is 362 g/mol. The molecule has 0 saturated heterocycles. The van der Waals surface area contributed by atoms with Crippen LogP contribution in [0.2, 0.25) is 0 Å². The van der Waals surface area contributed by atoms with Gasteiger partial charge in [-0.05, 0) is 62.7 Å². The van der Waals surface area contributed by atoms with Gasteiger partial charge < -0.3 is 14.2 Å². The second-order valence-corrected chi connectivity index (χ2v) is 6.74. The van der Waals surface area contributed by atoms with Crippen molar-refractivity contribution in [1.82, 2.24) is 0 Å². The molecule has 0 fully saturated rings. The maximum atomic E-state index is 6.11. The van der Waals surface area contributed by atoms with Crippen LogP contribution >= 0.6 is 0 Å². The molecule has 0 atom stereocenters. The van der Waals surface area contributed by atoms with Crippen molar-refractivity contribution in [3.63, 3.8) is 0 Å². The molecule has 0 spiro atoms. The molecule has 3 aromatic rings. The molecule has 3 rings (SSSR count). The molecule has 0 aliphatic heterocycles. The summed E-state index contributed by atoms with van der Waals surface area (Å²) in [6.45, 7) is 5.97. The van der Waals surface area contributed by atoms with Crippen LogP contribution in [-0.4, -0.2) is 13.0 Å². The van der Waals surface area contributed by atoms with E-state index in [2.05, 4.69) is 0 Å². The first-order valence-electron chi connectivity index (χ1n) is 9.42. The molecule has 0 bridgehead atoms. The van der Waals surface area contributed by atoms with E-state index in [0.29, 0.717) is 17.4 Å². The molecule has 0 saturated carbocycles. The van der Waals surface area contributed by atoms with Gasteiger partial charge in [-0.15, -0.1) is 0 Å². The van der Waals surface area contributed by atoms with Crippen molar-refractivity contribution in [2.45, 2.75) is 20.8 Å². The van der Waals surface area contributed by atoms with E-state index in [4.69, 9.17) is 19.2 Å². The summed E-state index contributed by atoms with van der Waals surface area (Å²) in [6.07, 6.45) is 1.63. The first-order valence-corrected chi connectivity index (χ1v) is 9.42. The number of methoxy groups -OCH3 is 1. The number of nitrogens with zero attached hydrogens (tertiary/aromatic N) is 1. The van der Waals surface area contributed by atoms with E-state index in [0.717, 1.165) is 22.6 Å². The van der Waals surface area contributed by atoms with Gasteiger partial charge in [0.25, 0.3) is 0 Å². The highest BCUT2D eigenvalue weighted by Crippen LogP contribution is 2.26. The molecule has 4 nitrogen and oxygen atoms in total. The first kappa shape index (κ1) is 20.2. The summed E-state index contributed by atoms with van der Waals surface area (Å²) in [7, 11) is 1.61. The summed E-state index contributed by atoms with van der Waals surface area (Å²) >= 11 is 0. The molecule has 4 heteroatoms. The second-order valence-electron chi connectivity index (χ2n) is 6.74. The molecule has 3 aromatic carbocycles. The highest BCUT2D eigenvalue weighted by molar-refractivity contribution is 5.96. The van der Waals surface area contributed by atoms with Gasteiger partial charge in [0.1, 0.15) is 5.75 Å². The van der Waals surface area contributed by atoms with Crippen molar-refractivity contribution in [3.8, 4) is 17.2 Å². The minimum Gasteiger partial charge on any atom is -0.493 e. The fourth-order valence-corrected chi connectivity index (χ4v) is 2.64. The molecule has 0 N–H and O–H groups in total. The van der Waals surface area contributed by atoms with Crippen LogP contribution in [-0.2, 0) is 0 Å². The number of aryl methyl sites for hydroxylation is 2. The lowest BCUT2D eigenvalue weighted by molar-refractivity contribution is 0.377. The van der Waals surface area contributed by atoms with E-state index in [1.807, 2.05) is 93.6 Å². The zero-order valence-corrected chi connectivity index (χ0v) is 17.2. The second kappa shape index (κ2) is 9.60. The van der Waals surface area contributed by atoms with Gasteiger partial charge in [-0.3, -0.25) is 0 Å². The minimum atomic E-state index is 0.467. The molecule has 0 heterocycles. The Morgan fingerprint density at radius 2 is 1.55 bits per heavy atom. The summed E-state index contributed by atoms with van der Waals surface area (Å²) < 4.78 is 17.3. The summed E-state index contributed by atoms with van der Waals surface area (Å²) in [5.41, 5.74) is 3.85. The van der Waals surface area contributed by atoms with Gasteiger partial charge in [0.05, 0.1) is 19.1 Å². The van der Waals surface area contributed by atoms with E-state index < -0.39 is 0 Å². The average molecular weight is 387 g/mol. The number of hydrogen-bond acceptors (Lipinski definition) is 4. The first-order chi connectivity index (χ1) is 14.0. The largest absolute Gasteiger partial charge is 0.493 e. The van der Waals surface area contributed by atoms with Crippen LogP contribution in [0.5, 0.6) is 17.2 Å². The number of ether oxygens (including phenoxy) is 3. The highest BCUT2D eigenvalue weighted by atomic mass is 16.5. The lowest BCUT2D eigenvalue weighted by Gasteiger charge is -2.12. The predicted octanol–water partition coefficient (Wildman–Crippen LogP) is 6.40. The van der Waals surface area contributed by atoms with Crippen molar-refractivity contribution in [3.05, 3.63) is 95.8 Å². The molecule has 0 unspecified atom stereocenters. The third-order valence-electron chi connectivity index (χ3n) is 4.24. The normalized spacial score (nSPS) is 11.9. The van der Waals surface area contributed by atoms with Gasteiger partial charge in [0.2, 0.25) is 5.90 Å². The van der Waals surface area contributed by atoms with Crippen molar-refractivity contribution < 1.29 is 14.2 Å². The van der Waals surface area contributed by atoms with Crippen LogP contribution in [0.3, 0.4) is 0 Å². The van der Waals surface area contributed by atoms with Gasteiger partial charge >= 0.3 is 0 Å². The van der Waals surface area contributed by atoms with Crippen LogP contribution in [0.1, 0.15) is 18.1 Å². The summed E-state index contributed by atoms with van der Waals surface area (Å²) in [4.78, 5) is 4.69. The van der Waals surface area contributed by atoms with Crippen LogP contribution in [0, 0.1) is 13.8 Å². The number of rotatable bonds is 6. The Hall–Kier alpha value is -3.53. The van der Waals surface area contributed by atoms with Crippen LogP contribution in [0.4, 0.5) is 5.69 Å². The molecule has 0 aromatic heterocycles. The number of aliphatic imine (C=N–C) groups is 1. The Labute approximate surface area is 172 Å². The molecule has 0 aliphatic rings. The zero-order valence-electron chi connectivity index (χ0n) is 17.2. The Morgan fingerprint density at radius 3 is 2.24 bits per heavy atom. The van der Waals surface area contributed by atoms with Gasteiger partial charge in [-0.25, -0.2) is 4.99 Å². The molecule has 148 valence electrons. The van der Waals surface area contributed by atoms with Gasteiger partial charge in [0.15, 0.2) is 11.5 Å². The monoisotopic (exact) mass is 387 g/mol. The van der Waals surface area contributed by atoms with E-state index in [1.165, 1.54) is 5.56 Å². The van der Waals surface area contributed by atoms with Crippen molar-refractivity contribution >= 4 is 11.6 Å². The topological polar surface area (TPSA) is 40.0 Å². The van der Waals surface area contributed by atoms with Crippen LogP contribution in [0.15, 0.2) is 89.6 Å². The summed E-state index contributed by atoms with van der Waals surface area (Å²) in [6, 6.07) is 23.3. The Morgan fingerprint density at radius 1 is 0.828 bits per heavy atom. The van der Waals surface area contributed by atoms with Crippen LogP contribution in [0.25, 0.3) is 0 Å². The van der Waals surface area contributed by atoms with E-state index >= 15 is 0 Å². The molecular formula is C25H25NO3. The minimum absolute atomic E-state index is 0.467. The van der Waals surface area contributed by atoms with Crippen molar-refractivity contribution in [2.75, 3.05) is 7.11 Å². The SMILES string of the molecule is COc1ccccc1O/C=C(C)/C(=N/c1ccc(C)cc1)Oc1cccc(C)c1. The highest BCUT2D eigenvalue weighted by Gasteiger charge is 2.09. The standard InChI is InChI=1S/C25H25NO3/c1-18-12-14-21(15-13-18)26-25(29-22-9-7-8-19(2)16-22)20(3)17-28-24-11-6-5-10-23(24)27-4/h5-17H,1-4H3/b20-17+,26-25-. The van der Waals surface area contributed by atoms with Crippen molar-refractivity contribution in [2.24, 2.45) is 4.99 Å². The van der Waals surface area contributed by atoms with Crippen LogP contribution < -0.4 is 14.2 Å². The number of hydrogen-bond donors (Lipinski definition) is 0. The number of para-hydroxylation sites is 2. The maximum Gasteiger partial charge on any atom is 0.225 e. The summed E-state index contributed by atoms with van der Waals surface area (Å²) in [5.74, 6) is 2.48. The molecule has 0 amide bonds. The fourth-order valence-electron chi connectivity index (χ4n) is 2.64. The third-order valence-corrected chi connectivity index (χ3v) is 4.24. The number of benzene rings is 3. The predicted molar refractivity (Wildman–Crippen MR) is 117 cm³/mol. The lowest BCUT2D eigenvalue weighted by atomic mass is 10.2. The Balaban J connectivity index is 1.91. The van der Waals surface area contributed by atoms with E-state index in [1.54, 1.807) is 13.4 Å². The molecule has 0 radical (unpaired) electrons. The Bertz CT molecular complexity index is 1020. The average Bonchev–Trinajstić information content (AvgIpc) is 2.73. The van der Waals surface area contributed by atoms with E-state index in [-0.39, 0.29) is 0 Å². The van der Waals surface area contributed by atoms with Gasteiger partial charge in [-0.2, -0.15) is 0 Å². The van der Waals surface area contributed by atoms with E-state index in [9.17, 15) is 0 Å². The molecule has 0 aliphatic carbocycles. The summed E-state index contributed by atoms with van der Waals surface area (Å²) in [5, 5.41) is 0. The Kier molecular flexibility index (Phi) is 6.69. The van der Waals surface area contributed by atoms with Crippen molar-refractivity contribution in [1.29, 1.82) is 0 Å². The quantitative estimate of drug-likeness (QED) is 0.279. The van der Waals surface area contributed by atoms with Gasteiger partial charge in [0, 0.05) is 5.57 Å². The van der Waals surface area contributed by atoms with Gasteiger partial charge in [-0.1, -0.05) is 42.0 Å². The zero-order chi connectivity index (χ0) is 20.6. The maximum absolute atomic E-state index is 6.11. The lowest BCUT2D eigenvalue weighted by Crippen LogP contribution is -2.11.